The number of aliphatic hydroxyl groups is 2. The highest BCUT2D eigenvalue weighted by Crippen LogP contribution is 2.20. The van der Waals surface area contributed by atoms with E-state index in [1.54, 1.807) is 0 Å². The lowest BCUT2D eigenvalue weighted by Crippen LogP contribution is -2.45. The van der Waals surface area contributed by atoms with E-state index in [0.29, 0.717) is 25.9 Å². The third-order valence-corrected chi connectivity index (χ3v) is 18.7. The fourth-order valence-electron chi connectivity index (χ4n) is 12.8. The fraction of sp³-hybridized carbons (Fsp3) is 0.974. The summed E-state index contributed by atoms with van der Waals surface area (Å²) in [5.74, 6) is 0.00110. The van der Waals surface area contributed by atoms with Gasteiger partial charge in [0, 0.05) is 12.8 Å². The van der Waals surface area contributed by atoms with Crippen LogP contribution in [0.15, 0.2) is 0 Å². The van der Waals surface area contributed by atoms with Crippen molar-refractivity contribution in [3.63, 3.8) is 0 Å². The average molecular weight is 1170 g/mol. The van der Waals surface area contributed by atoms with Crippen molar-refractivity contribution in [1.82, 2.24) is 5.32 Å². The van der Waals surface area contributed by atoms with E-state index in [2.05, 4.69) is 19.2 Å². The topological polar surface area (TPSA) is 95.9 Å². The van der Waals surface area contributed by atoms with Gasteiger partial charge in [0.15, 0.2) is 0 Å². The Morgan fingerprint density at radius 1 is 0.289 bits per heavy atom. The summed E-state index contributed by atoms with van der Waals surface area (Å²) in [6.45, 7) is 5.02. The molecule has 0 bridgehead atoms. The maximum absolute atomic E-state index is 12.5. The quantitative estimate of drug-likeness (QED) is 0.0417. The van der Waals surface area contributed by atoms with Gasteiger partial charge < -0.3 is 20.3 Å². The number of rotatable bonds is 74. The molecule has 83 heavy (non-hydrogen) atoms. The maximum Gasteiger partial charge on any atom is 0.305 e. The zero-order valence-electron chi connectivity index (χ0n) is 57.0. The Balaban J connectivity index is 3.30. The molecule has 0 saturated heterocycles. The molecular weight excluding hydrogens is 1020 g/mol. The zero-order chi connectivity index (χ0) is 59.9. The van der Waals surface area contributed by atoms with Gasteiger partial charge in [-0.3, -0.25) is 9.59 Å². The first-order valence-corrected chi connectivity index (χ1v) is 38.8. The van der Waals surface area contributed by atoms with Crippen molar-refractivity contribution in [2.45, 2.75) is 469 Å². The summed E-state index contributed by atoms with van der Waals surface area (Å²) in [6.07, 6.45) is 90.5. The number of unbranched alkanes of at least 4 members (excludes halogenated alkanes) is 63. The first kappa shape index (κ1) is 81.9. The smallest absolute Gasteiger partial charge is 0.305 e. The van der Waals surface area contributed by atoms with Gasteiger partial charge in [-0.25, -0.2) is 0 Å². The van der Waals surface area contributed by atoms with Crippen molar-refractivity contribution in [1.29, 1.82) is 0 Å². The summed E-state index contributed by atoms with van der Waals surface area (Å²) in [5, 5.41) is 23.4. The molecule has 0 aliphatic rings. The molecule has 0 spiro atoms. The maximum atomic E-state index is 12.5. The zero-order valence-corrected chi connectivity index (χ0v) is 57.0. The highest BCUT2D eigenvalue weighted by Gasteiger charge is 2.20. The summed E-state index contributed by atoms with van der Waals surface area (Å²) in [5.41, 5.74) is 0. The van der Waals surface area contributed by atoms with Crippen LogP contribution in [0.2, 0.25) is 0 Å². The summed E-state index contributed by atoms with van der Waals surface area (Å²) in [7, 11) is 0. The van der Waals surface area contributed by atoms with Crippen molar-refractivity contribution in [2.24, 2.45) is 0 Å². The molecule has 6 heteroatoms. The monoisotopic (exact) mass is 1170 g/mol. The Hall–Kier alpha value is -1.14. The van der Waals surface area contributed by atoms with Crippen LogP contribution in [0.4, 0.5) is 0 Å². The Morgan fingerprint density at radius 3 is 0.735 bits per heavy atom. The number of hydrogen-bond acceptors (Lipinski definition) is 5. The van der Waals surface area contributed by atoms with E-state index in [9.17, 15) is 19.8 Å². The van der Waals surface area contributed by atoms with Crippen LogP contribution >= 0.6 is 0 Å². The van der Waals surface area contributed by atoms with E-state index in [1.165, 1.54) is 385 Å². The lowest BCUT2D eigenvalue weighted by atomic mass is 10.0. The predicted octanol–water partition coefficient (Wildman–Crippen LogP) is 25.3. The van der Waals surface area contributed by atoms with Gasteiger partial charge in [-0.1, -0.05) is 418 Å². The SMILES string of the molecule is CCCCCCCCCCCCCCCCCCCCC(O)C(CO)NC(=O)CCCCCCCCCCCCCCCCCCCCCCCCCCCCCCCCCCCOC(=O)CCCCCCCCCCCCCCCCC. The highest BCUT2D eigenvalue weighted by molar-refractivity contribution is 5.76. The van der Waals surface area contributed by atoms with E-state index in [-0.39, 0.29) is 18.5 Å². The Bertz CT molecular complexity index is 1210. The van der Waals surface area contributed by atoms with Gasteiger partial charge in [0.1, 0.15) is 0 Å². The lowest BCUT2D eigenvalue weighted by molar-refractivity contribution is -0.143. The van der Waals surface area contributed by atoms with Crippen molar-refractivity contribution in [2.75, 3.05) is 13.2 Å². The summed E-state index contributed by atoms with van der Waals surface area (Å²) in [4.78, 5) is 24.6. The standard InChI is InChI=1S/C77H153NO5/c1-3-5-7-9-11-13-15-17-19-20-38-42-45-49-53-57-61-65-69-75(80)74(73-79)78-76(81)70-66-62-58-54-50-46-43-39-36-34-32-30-28-26-24-22-21-23-25-27-29-31-33-35-37-40-44-48-52-56-60-64-68-72-83-77(82)71-67-63-59-55-51-47-41-18-16-14-12-10-8-6-4-2/h74-75,79-80H,3-73H2,1-2H3,(H,78,81). The molecule has 0 aromatic rings. The summed E-state index contributed by atoms with van der Waals surface area (Å²) in [6, 6.07) is -0.537. The van der Waals surface area contributed by atoms with Gasteiger partial charge in [0.25, 0.3) is 0 Å². The minimum atomic E-state index is -0.660. The molecular formula is C77H153NO5. The molecule has 0 fully saturated rings. The number of nitrogens with one attached hydrogen (secondary N) is 1. The molecule has 0 aromatic carbocycles. The van der Waals surface area contributed by atoms with Gasteiger partial charge in [-0.2, -0.15) is 0 Å². The van der Waals surface area contributed by atoms with E-state index in [4.69, 9.17) is 4.74 Å². The molecule has 2 unspecified atom stereocenters. The number of carbonyl (C=O) groups is 2. The number of carbonyl (C=O) groups excluding carboxylic acids is 2. The first-order chi connectivity index (χ1) is 41.0. The van der Waals surface area contributed by atoms with Gasteiger partial charge >= 0.3 is 5.97 Å². The van der Waals surface area contributed by atoms with Crippen LogP contribution in [0.25, 0.3) is 0 Å². The molecule has 6 nitrogen and oxygen atoms in total. The largest absolute Gasteiger partial charge is 0.466 e. The van der Waals surface area contributed by atoms with Crippen LogP contribution in [0.3, 0.4) is 0 Å². The van der Waals surface area contributed by atoms with Gasteiger partial charge in [-0.05, 0) is 25.7 Å². The molecule has 496 valence electrons. The van der Waals surface area contributed by atoms with Crippen molar-refractivity contribution in [3.05, 3.63) is 0 Å². The minimum absolute atomic E-state index is 0.0249. The van der Waals surface area contributed by atoms with Crippen LogP contribution in [0.5, 0.6) is 0 Å². The van der Waals surface area contributed by atoms with E-state index in [0.717, 1.165) is 38.5 Å². The van der Waals surface area contributed by atoms with Crippen LogP contribution < -0.4 is 5.32 Å². The number of aliphatic hydroxyl groups excluding tert-OH is 2. The summed E-state index contributed by atoms with van der Waals surface area (Å²) < 4.78 is 5.51. The predicted molar refractivity (Wildman–Crippen MR) is 366 cm³/mol. The second kappa shape index (κ2) is 73.3. The second-order valence-corrected chi connectivity index (χ2v) is 27.1. The van der Waals surface area contributed by atoms with Crippen molar-refractivity contribution in [3.8, 4) is 0 Å². The Kier molecular flexibility index (Phi) is 72.3. The van der Waals surface area contributed by atoms with E-state index in [1.807, 2.05) is 0 Å². The Labute approximate surface area is 521 Å². The third-order valence-electron chi connectivity index (χ3n) is 18.7. The van der Waals surface area contributed by atoms with E-state index < -0.39 is 12.1 Å². The molecule has 0 aliphatic heterocycles. The number of esters is 1. The van der Waals surface area contributed by atoms with Gasteiger partial charge in [-0.15, -0.1) is 0 Å². The minimum Gasteiger partial charge on any atom is -0.466 e. The molecule has 0 saturated carbocycles. The van der Waals surface area contributed by atoms with Crippen LogP contribution in [-0.4, -0.2) is 47.4 Å². The molecule has 0 radical (unpaired) electrons. The normalized spacial score (nSPS) is 12.4. The molecule has 0 aliphatic carbocycles. The number of ether oxygens (including phenoxy) is 1. The Morgan fingerprint density at radius 2 is 0.494 bits per heavy atom. The van der Waals surface area contributed by atoms with Gasteiger partial charge in [0.05, 0.1) is 25.4 Å². The van der Waals surface area contributed by atoms with Gasteiger partial charge in [0.2, 0.25) is 5.91 Å². The number of hydrogen-bond donors (Lipinski definition) is 3. The lowest BCUT2D eigenvalue weighted by Gasteiger charge is -2.22. The van der Waals surface area contributed by atoms with Crippen LogP contribution in [0, 0.1) is 0 Å². The van der Waals surface area contributed by atoms with E-state index >= 15 is 0 Å². The number of amides is 1. The average Bonchev–Trinajstić information content (AvgIpc) is 3.49. The molecule has 2 atom stereocenters. The molecule has 0 heterocycles. The summed E-state index contributed by atoms with van der Waals surface area (Å²) >= 11 is 0. The third kappa shape index (κ3) is 69.8. The fourth-order valence-corrected chi connectivity index (χ4v) is 12.8. The van der Waals surface area contributed by atoms with Crippen LogP contribution in [-0.2, 0) is 14.3 Å². The highest BCUT2D eigenvalue weighted by atomic mass is 16.5. The molecule has 0 rings (SSSR count). The molecule has 1 amide bonds. The van der Waals surface area contributed by atoms with Crippen molar-refractivity contribution < 1.29 is 24.5 Å². The first-order valence-electron chi connectivity index (χ1n) is 38.8. The molecule has 3 N–H and O–H groups in total. The molecule has 0 aromatic heterocycles. The second-order valence-electron chi connectivity index (χ2n) is 27.1. The van der Waals surface area contributed by atoms with Crippen LogP contribution in [0.1, 0.15) is 457 Å². The van der Waals surface area contributed by atoms with Crippen molar-refractivity contribution >= 4 is 11.9 Å².